The maximum absolute atomic E-state index is 10.3. The predicted octanol–water partition coefficient (Wildman–Crippen LogP) is 1.21. The van der Waals surface area contributed by atoms with Gasteiger partial charge in [0, 0.05) is 18.2 Å². The van der Waals surface area contributed by atoms with Gasteiger partial charge in [-0.15, -0.1) is 0 Å². The highest BCUT2D eigenvalue weighted by Gasteiger charge is 2.33. The van der Waals surface area contributed by atoms with Gasteiger partial charge in [-0.05, 0) is 12.0 Å². The Morgan fingerprint density at radius 1 is 1.40 bits per heavy atom. The molecule has 78 valence electrons. The number of benzene rings is 1. The summed E-state index contributed by atoms with van der Waals surface area (Å²) in [6.07, 6.45) is 3.86. The summed E-state index contributed by atoms with van der Waals surface area (Å²) < 4.78 is 0. The van der Waals surface area contributed by atoms with Crippen molar-refractivity contribution in [1.29, 1.82) is 0 Å². The molecular formula is C12H13NO2. The van der Waals surface area contributed by atoms with E-state index in [1.807, 2.05) is 18.2 Å². The molecule has 1 aromatic rings. The van der Waals surface area contributed by atoms with Crippen LogP contribution in [-0.4, -0.2) is 23.2 Å². The lowest BCUT2D eigenvalue weighted by Crippen LogP contribution is -1.97. The second-order valence-electron chi connectivity index (χ2n) is 3.69. The molecular weight excluding hydrogens is 190 g/mol. The summed E-state index contributed by atoms with van der Waals surface area (Å²) in [5, 5.41) is 11.7. The number of carbonyl (C=O) groups is 1. The first kappa shape index (κ1) is 9.93. The van der Waals surface area contributed by atoms with Crippen molar-refractivity contribution < 1.29 is 9.90 Å². The molecule has 0 aromatic heterocycles. The first-order valence-corrected chi connectivity index (χ1v) is 4.97. The van der Waals surface area contributed by atoms with Crippen LogP contribution in [0.2, 0.25) is 0 Å². The minimum Gasteiger partial charge on any atom is -0.478 e. The molecule has 0 bridgehead atoms. The van der Waals surface area contributed by atoms with Crippen molar-refractivity contribution in [2.24, 2.45) is 0 Å². The average molecular weight is 203 g/mol. The van der Waals surface area contributed by atoms with E-state index in [-0.39, 0.29) is 6.04 Å². The van der Waals surface area contributed by atoms with E-state index in [9.17, 15) is 4.79 Å². The average Bonchev–Trinajstić information content (AvgIpc) is 2.95. The Morgan fingerprint density at radius 3 is 2.80 bits per heavy atom. The molecule has 1 aliphatic heterocycles. The van der Waals surface area contributed by atoms with Gasteiger partial charge in [-0.1, -0.05) is 36.4 Å². The quantitative estimate of drug-likeness (QED) is 0.571. The molecule has 0 aliphatic carbocycles. The minimum absolute atomic E-state index is 0.223. The fraction of sp³-hybridized carbons (Fsp3) is 0.250. The Labute approximate surface area is 88.4 Å². The van der Waals surface area contributed by atoms with E-state index in [1.54, 1.807) is 6.08 Å². The SMILES string of the molecule is O=C(O)/C=C/C1NC1Cc1ccccc1. The lowest BCUT2D eigenvalue weighted by molar-refractivity contribution is -0.131. The molecule has 0 amide bonds. The van der Waals surface area contributed by atoms with Gasteiger partial charge in [0.1, 0.15) is 0 Å². The van der Waals surface area contributed by atoms with Crippen LogP contribution in [0.25, 0.3) is 0 Å². The number of carboxylic acid groups (broad SMARTS) is 1. The van der Waals surface area contributed by atoms with Crippen LogP contribution >= 0.6 is 0 Å². The smallest absolute Gasteiger partial charge is 0.328 e. The molecule has 2 rings (SSSR count). The molecule has 0 saturated carbocycles. The van der Waals surface area contributed by atoms with Gasteiger partial charge in [-0.3, -0.25) is 0 Å². The molecule has 2 N–H and O–H groups in total. The van der Waals surface area contributed by atoms with Crippen LogP contribution in [0.3, 0.4) is 0 Å². The Hall–Kier alpha value is -1.61. The van der Waals surface area contributed by atoms with E-state index in [2.05, 4.69) is 17.4 Å². The topological polar surface area (TPSA) is 59.2 Å². The van der Waals surface area contributed by atoms with Crippen molar-refractivity contribution in [2.45, 2.75) is 18.5 Å². The molecule has 15 heavy (non-hydrogen) atoms. The van der Waals surface area contributed by atoms with Gasteiger partial charge < -0.3 is 10.4 Å². The molecule has 2 atom stereocenters. The third-order valence-corrected chi connectivity index (χ3v) is 2.48. The standard InChI is InChI=1S/C12H13NO2/c14-12(15)7-6-10-11(13-10)8-9-4-2-1-3-5-9/h1-7,10-11,13H,8H2,(H,14,15)/b7-6+. The Morgan fingerprint density at radius 2 is 2.13 bits per heavy atom. The van der Waals surface area contributed by atoms with Crippen molar-refractivity contribution >= 4 is 5.97 Å². The fourth-order valence-electron chi connectivity index (χ4n) is 1.62. The monoisotopic (exact) mass is 203 g/mol. The maximum Gasteiger partial charge on any atom is 0.328 e. The third-order valence-electron chi connectivity index (χ3n) is 2.48. The van der Waals surface area contributed by atoms with Crippen LogP contribution in [0, 0.1) is 0 Å². The zero-order chi connectivity index (χ0) is 10.7. The zero-order valence-corrected chi connectivity index (χ0v) is 8.26. The Bertz CT molecular complexity index is 372. The van der Waals surface area contributed by atoms with Gasteiger partial charge in [-0.2, -0.15) is 0 Å². The number of aliphatic carboxylic acids is 1. The van der Waals surface area contributed by atoms with Crippen molar-refractivity contribution in [3.63, 3.8) is 0 Å². The van der Waals surface area contributed by atoms with Gasteiger partial charge in [0.05, 0.1) is 0 Å². The van der Waals surface area contributed by atoms with Crippen molar-refractivity contribution in [1.82, 2.24) is 5.32 Å². The molecule has 3 nitrogen and oxygen atoms in total. The number of carboxylic acids is 1. The summed E-state index contributed by atoms with van der Waals surface area (Å²) in [5.74, 6) is -0.887. The third kappa shape index (κ3) is 2.92. The van der Waals surface area contributed by atoms with Gasteiger partial charge >= 0.3 is 5.97 Å². The van der Waals surface area contributed by atoms with E-state index >= 15 is 0 Å². The van der Waals surface area contributed by atoms with Gasteiger partial charge in [0.25, 0.3) is 0 Å². The van der Waals surface area contributed by atoms with Crippen LogP contribution in [0.15, 0.2) is 42.5 Å². The van der Waals surface area contributed by atoms with Gasteiger partial charge in [-0.25, -0.2) is 4.79 Å². The zero-order valence-electron chi connectivity index (χ0n) is 8.26. The van der Waals surface area contributed by atoms with E-state index in [0.717, 1.165) is 6.42 Å². The number of rotatable bonds is 4. The van der Waals surface area contributed by atoms with Crippen LogP contribution < -0.4 is 5.32 Å². The number of nitrogens with one attached hydrogen (secondary N) is 1. The first-order valence-electron chi connectivity index (χ1n) is 4.97. The van der Waals surface area contributed by atoms with E-state index < -0.39 is 5.97 Å². The number of hydrogen-bond donors (Lipinski definition) is 2. The van der Waals surface area contributed by atoms with E-state index in [4.69, 9.17) is 5.11 Å². The van der Waals surface area contributed by atoms with Crippen molar-refractivity contribution in [3.05, 3.63) is 48.0 Å². The molecule has 2 unspecified atom stereocenters. The fourth-order valence-corrected chi connectivity index (χ4v) is 1.62. The lowest BCUT2D eigenvalue weighted by atomic mass is 10.1. The van der Waals surface area contributed by atoms with Gasteiger partial charge in [0.2, 0.25) is 0 Å². The largest absolute Gasteiger partial charge is 0.478 e. The highest BCUT2D eigenvalue weighted by Crippen LogP contribution is 2.17. The molecule has 1 fully saturated rings. The Balaban J connectivity index is 1.83. The second kappa shape index (κ2) is 4.28. The maximum atomic E-state index is 10.3. The van der Waals surface area contributed by atoms with Crippen molar-refractivity contribution in [2.75, 3.05) is 0 Å². The second-order valence-corrected chi connectivity index (χ2v) is 3.69. The highest BCUT2D eigenvalue weighted by molar-refractivity contribution is 5.79. The Kier molecular flexibility index (Phi) is 2.83. The lowest BCUT2D eigenvalue weighted by Gasteiger charge is -1.96. The summed E-state index contributed by atoms with van der Waals surface area (Å²) in [7, 11) is 0. The summed E-state index contributed by atoms with van der Waals surface area (Å²) in [6.45, 7) is 0. The highest BCUT2D eigenvalue weighted by atomic mass is 16.4. The minimum atomic E-state index is -0.887. The van der Waals surface area contributed by atoms with Crippen LogP contribution in [0.4, 0.5) is 0 Å². The molecule has 1 aliphatic rings. The summed E-state index contributed by atoms with van der Waals surface area (Å²) >= 11 is 0. The number of hydrogen-bond acceptors (Lipinski definition) is 2. The van der Waals surface area contributed by atoms with Crippen LogP contribution in [0.5, 0.6) is 0 Å². The summed E-state index contributed by atoms with van der Waals surface area (Å²) in [4.78, 5) is 10.3. The molecule has 1 heterocycles. The summed E-state index contributed by atoms with van der Waals surface area (Å²) in [6, 6.07) is 10.8. The normalized spacial score (nSPS) is 24.3. The van der Waals surface area contributed by atoms with E-state index in [0.29, 0.717) is 6.04 Å². The molecule has 1 aromatic carbocycles. The summed E-state index contributed by atoms with van der Waals surface area (Å²) in [5.41, 5.74) is 1.28. The molecule has 1 saturated heterocycles. The van der Waals surface area contributed by atoms with Crippen molar-refractivity contribution in [3.8, 4) is 0 Å². The molecule has 0 spiro atoms. The first-order chi connectivity index (χ1) is 7.25. The molecule has 3 heteroatoms. The van der Waals surface area contributed by atoms with E-state index in [1.165, 1.54) is 11.6 Å². The van der Waals surface area contributed by atoms with Crippen LogP contribution in [-0.2, 0) is 11.2 Å². The molecule has 0 radical (unpaired) electrons. The van der Waals surface area contributed by atoms with Crippen LogP contribution in [0.1, 0.15) is 5.56 Å². The van der Waals surface area contributed by atoms with Gasteiger partial charge in [0.15, 0.2) is 0 Å². The predicted molar refractivity (Wildman–Crippen MR) is 57.6 cm³/mol.